The fourth-order valence-corrected chi connectivity index (χ4v) is 4.57. The van der Waals surface area contributed by atoms with Gasteiger partial charge in [0.05, 0.1) is 19.7 Å². The van der Waals surface area contributed by atoms with Gasteiger partial charge in [-0.3, -0.25) is 4.90 Å². The highest BCUT2D eigenvalue weighted by Crippen LogP contribution is 2.29. The van der Waals surface area contributed by atoms with Crippen LogP contribution in [0, 0.1) is 6.92 Å². The number of anilines is 1. The molecule has 1 unspecified atom stereocenters. The molecule has 1 fully saturated rings. The molecule has 0 saturated carbocycles. The number of aryl methyl sites for hydroxylation is 1. The molecule has 0 N–H and O–H groups in total. The normalized spacial score (nSPS) is 15.3. The summed E-state index contributed by atoms with van der Waals surface area (Å²) in [6.07, 6.45) is 0. The van der Waals surface area contributed by atoms with Crippen molar-refractivity contribution in [2.45, 2.75) is 19.5 Å². The van der Waals surface area contributed by atoms with Crippen LogP contribution in [0.4, 0.5) is 5.69 Å². The third-order valence-electron chi connectivity index (χ3n) is 6.49. The molecule has 0 amide bonds. The lowest BCUT2D eigenvalue weighted by molar-refractivity contribution is 0.201. The van der Waals surface area contributed by atoms with E-state index in [2.05, 4.69) is 99.0 Å². The van der Waals surface area contributed by atoms with Gasteiger partial charge in [0.2, 0.25) is 0 Å². The van der Waals surface area contributed by atoms with E-state index in [0.717, 1.165) is 43.3 Å². The van der Waals surface area contributed by atoms with Crippen molar-refractivity contribution in [2.75, 3.05) is 38.2 Å². The molecule has 34 heavy (non-hydrogen) atoms. The Bertz CT molecular complexity index is 1180. The molecule has 4 aromatic rings. The molecule has 0 spiro atoms. The molecule has 7 heteroatoms. The zero-order valence-electron chi connectivity index (χ0n) is 19.7. The third kappa shape index (κ3) is 4.79. The van der Waals surface area contributed by atoms with Gasteiger partial charge in [-0.15, -0.1) is 5.10 Å². The Labute approximate surface area is 200 Å². The average Bonchev–Trinajstić information content (AvgIpc) is 3.34. The van der Waals surface area contributed by atoms with Crippen LogP contribution in [-0.4, -0.2) is 58.4 Å². The second-order valence-electron chi connectivity index (χ2n) is 8.71. The van der Waals surface area contributed by atoms with Gasteiger partial charge in [-0.1, -0.05) is 60.2 Å². The van der Waals surface area contributed by atoms with Crippen LogP contribution in [0.5, 0.6) is 5.75 Å². The van der Waals surface area contributed by atoms with Crippen molar-refractivity contribution >= 4 is 5.69 Å². The van der Waals surface area contributed by atoms with Crippen molar-refractivity contribution in [2.24, 2.45) is 0 Å². The Hall–Kier alpha value is -3.71. The summed E-state index contributed by atoms with van der Waals surface area (Å²) in [5.74, 6) is 1.71. The maximum Gasteiger partial charge on any atom is 0.173 e. The number of ether oxygens (including phenoxy) is 1. The molecule has 7 nitrogen and oxygen atoms in total. The first kappa shape index (κ1) is 22.1. The minimum absolute atomic E-state index is 0.00762. The summed E-state index contributed by atoms with van der Waals surface area (Å²) in [7, 11) is 1.68. The largest absolute Gasteiger partial charge is 0.497 e. The molecule has 1 saturated heterocycles. The average molecular weight is 455 g/mol. The van der Waals surface area contributed by atoms with E-state index < -0.39 is 0 Å². The van der Waals surface area contributed by atoms with Crippen molar-refractivity contribution in [1.29, 1.82) is 0 Å². The van der Waals surface area contributed by atoms with E-state index in [1.54, 1.807) is 7.11 Å². The van der Waals surface area contributed by atoms with Gasteiger partial charge >= 0.3 is 0 Å². The number of hydrogen-bond donors (Lipinski definition) is 0. The smallest absolute Gasteiger partial charge is 0.173 e. The molecular formula is C27H30N6O. The monoisotopic (exact) mass is 454 g/mol. The molecule has 1 aromatic heterocycles. The van der Waals surface area contributed by atoms with E-state index in [9.17, 15) is 0 Å². The molecule has 0 bridgehead atoms. The Morgan fingerprint density at radius 3 is 2.24 bits per heavy atom. The fraction of sp³-hybridized carbons (Fsp3) is 0.296. The quantitative estimate of drug-likeness (QED) is 0.421. The lowest BCUT2D eigenvalue weighted by Gasteiger charge is -2.40. The zero-order chi connectivity index (χ0) is 23.3. The van der Waals surface area contributed by atoms with Crippen LogP contribution in [0.3, 0.4) is 0 Å². The van der Waals surface area contributed by atoms with E-state index in [-0.39, 0.29) is 6.04 Å². The molecule has 0 aliphatic carbocycles. The second-order valence-corrected chi connectivity index (χ2v) is 8.71. The number of rotatable bonds is 7. The standard InChI is InChI=1S/C27H30N6O/c1-21-8-12-23(13-9-21)26(32-18-16-31(17-19-32)24-6-4-3-5-7-24)27-28-29-30-33(27)20-22-10-14-25(34-2)15-11-22/h3-15,26H,16-20H2,1-2H3. The summed E-state index contributed by atoms with van der Waals surface area (Å²) in [5.41, 5.74) is 4.86. The van der Waals surface area contributed by atoms with E-state index in [4.69, 9.17) is 4.74 Å². The molecule has 2 heterocycles. The van der Waals surface area contributed by atoms with Gasteiger partial charge < -0.3 is 9.64 Å². The topological polar surface area (TPSA) is 59.3 Å². The molecule has 174 valence electrons. The van der Waals surface area contributed by atoms with Crippen LogP contribution in [0.1, 0.15) is 28.6 Å². The number of hydrogen-bond acceptors (Lipinski definition) is 6. The van der Waals surface area contributed by atoms with Gasteiger partial charge in [0.1, 0.15) is 5.75 Å². The van der Waals surface area contributed by atoms with E-state index in [1.807, 2.05) is 16.8 Å². The molecule has 5 rings (SSSR count). The predicted octanol–water partition coefficient (Wildman–Crippen LogP) is 3.95. The first-order valence-electron chi connectivity index (χ1n) is 11.7. The molecule has 1 atom stereocenters. The number of piperazine rings is 1. The minimum Gasteiger partial charge on any atom is -0.497 e. The summed E-state index contributed by atoms with van der Waals surface area (Å²) in [6, 6.07) is 27.4. The summed E-state index contributed by atoms with van der Waals surface area (Å²) < 4.78 is 7.22. The van der Waals surface area contributed by atoms with Crippen LogP contribution < -0.4 is 9.64 Å². The maximum atomic E-state index is 5.30. The third-order valence-corrected chi connectivity index (χ3v) is 6.49. The zero-order valence-corrected chi connectivity index (χ0v) is 19.7. The van der Waals surface area contributed by atoms with E-state index >= 15 is 0 Å². The lowest BCUT2D eigenvalue weighted by Crippen LogP contribution is -2.48. The van der Waals surface area contributed by atoms with E-state index in [0.29, 0.717) is 6.54 Å². The summed E-state index contributed by atoms with van der Waals surface area (Å²) in [4.78, 5) is 4.95. The first-order valence-corrected chi connectivity index (χ1v) is 11.7. The number of nitrogens with zero attached hydrogens (tertiary/aromatic N) is 6. The SMILES string of the molecule is COc1ccc(Cn2nnnc2C(c2ccc(C)cc2)N2CCN(c3ccccc3)CC2)cc1. The second kappa shape index (κ2) is 10.1. The highest BCUT2D eigenvalue weighted by Gasteiger charge is 2.30. The maximum absolute atomic E-state index is 5.30. The highest BCUT2D eigenvalue weighted by molar-refractivity contribution is 5.46. The Balaban J connectivity index is 1.41. The number of aromatic nitrogens is 4. The number of tetrazole rings is 1. The van der Waals surface area contributed by atoms with Crippen LogP contribution in [0.2, 0.25) is 0 Å². The first-order chi connectivity index (χ1) is 16.7. The van der Waals surface area contributed by atoms with Crippen molar-refractivity contribution in [3.8, 4) is 5.75 Å². The Morgan fingerprint density at radius 1 is 0.853 bits per heavy atom. The van der Waals surface area contributed by atoms with Crippen LogP contribution in [-0.2, 0) is 6.54 Å². The molecule has 3 aromatic carbocycles. The highest BCUT2D eigenvalue weighted by atomic mass is 16.5. The molecular weight excluding hydrogens is 424 g/mol. The van der Waals surface area contributed by atoms with Gasteiger partial charge in [0.25, 0.3) is 0 Å². The summed E-state index contributed by atoms with van der Waals surface area (Å²) in [6.45, 7) is 6.52. The Kier molecular flexibility index (Phi) is 6.53. The van der Waals surface area contributed by atoms with Crippen LogP contribution in [0.25, 0.3) is 0 Å². The fourth-order valence-electron chi connectivity index (χ4n) is 4.57. The number of para-hydroxylation sites is 1. The molecule has 1 aliphatic rings. The van der Waals surface area contributed by atoms with Gasteiger partial charge in [-0.2, -0.15) is 0 Å². The van der Waals surface area contributed by atoms with Gasteiger partial charge in [0.15, 0.2) is 5.82 Å². The number of methoxy groups -OCH3 is 1. The van der Waals surface area contributed by atoms with Gasteiger partial charge in [-0.25, -0.2) is 4.68 Å². The summed E-state index contributed by atoms with van der Waals surface area (Å²) in [5, 5.41) is 13.0. The molecule has 0 radical (unpaired) electrons. The lowest BCUT2D eigenvalue weighted by atomic mass is 10.0. The van der Waals surface area contributed by atoms with Gasteiger partial charge in [0, 0.05) is 31.9 Å². The predicted molar refractivity (Wildman–Crippen MR) is 133 cm³/mol. The van der Waals surface area contributed by atoms with Crippen LogP contribution in [0.15, 0.2) is 78.9 Å². The summed E-state index contributed by atoms with van der Waals surface area (Å²) >= 11 is 0. The van der Waals surface area contributed by atoms with Crippen molar-refractivity contribution < 1.29 is 4.74 Å². The Morgan fingerprint density at radius 2 is 1.56 bits per heavy atom. The van der Waals surface area contributed by atoms with Crippen molar-refractivity contribution in [1.82, 2.24) is 25.1 Å². The van der Waals surface area contributed by atoms with Crippen molar-refractivity contribution in [3.63, 3.8) is 0 Å². The van der Waals surface area contributed by atoms with Crippen LogP contribution >= 0.6 is 0 Å². The van der Waals surface area contributed by atoms with E-state index in [1.165, 1.54) is 16.8 Å². The van der Waals surface area contributed by atoms with Crippen molar-refractivity contribution in [3.05, 3.63) is 101 Å². The minimum atomic E-state index is -0.00762. The number of benzene rings is 3. The van der Waals surface area contributed by atoms with Gasteiger partial charge in [-0.05, 0) is 52.7 Å². The molecule has 1 aliphatic heterocycles.